The van der Waals surface area contributed by atoms with E-state index in [9.17, 15) is 13.2 Å². The number of nitrogens with zero attached hydrogens (tertiary/aromatic N) is 2. The molecule has 36 heavy (non-hydrogen) atoms. The summed E-state index contributed by atoms with van der Waals surface area (Å²) in [6.45, 7) is 3.98. The smallest absolute Gasteiger partial charge is 0.262 e. The summed E-state index contributed by atoms with van der Waals surface area (Å²) in [5.74, 6) is -0.121. The van der Waals surface area contributed by atoms with Gasteiger partial charge in [0.1, 0.15) is 5.75 Å². The van der Waals surface area contributed by atoms with E-state index in [1.807, 2.05) is 30.3 Å². The molecule has 0 atom stereocenters. The molecule has 1 aromatic heterocycles. The summed E-state index contributed by atoms with van der Waals surface area (Å²) >= 11 is 6.29. The molecule has 0 radical (unpaired) electrons. The van der Waals surface area contributed by atoms with E-state index in [2.05, 4.69) is 28.9 Å². The van der Waals surface area contributed by atoms with E-state index in [1.165, 1.54) is 22.5 Å². The lowest BCUT2D eigenvalue weighted by Crippen LogP contribution is -2.40. The van der Waals surface area contributed by atoms with Gasteiger partial charge in [-0.15, -0.1) is 0 Å². The Hall–Kier alpha value is -3.11. The number of fused-ring (bicyclic) bond motifs is 3. The lowest BCUT2D eigenvalue weighted by atomic mass is 10.1. The summed E-state index contributed by atoms with van der Waals surface area (Å²) in [5, 5.41) is 5.17. The lowest BCUT2D eigenvalue weighted by Gasteiger charge is -2.26. The second-order valence-corrected chi connectivity index (χ2v) is 10.8. The molecule has 0 spiro atoms. The molecule has 1 aliphatic heterocycles. The zero-order valence-corrected chi connectivity index (χ0v) is 21.3. The number of benzene rings is 3. The van der Waals surface area contributed by atoms with Gasteiger partial charge in [-0.2, -0.15) is 4.31 Å². The van der Waals surface area contributed by atoms with Gasteiger partial charge in [0.25, 0.3) is 5.91 Å². The number of halogens is 1. The summed E-state index contributed by atoms with van der Waals surface area (Å²) in [6, 6.07) is 18.2. The molecular formula is C26H26ClN3O5S. The summed E-state index contributed by atoms with van der Waals surface area (Å²) in [4.78, 5) is 12.7. The molecule has 1 fully saturated rings. The van der Waals surface area contributed by atoms with Crippen LogP contribution in [-0.2, 0) is 26.1 Å². The standard InChI is InChI=1S/C26H26ClN3O5S/c1-2-30-23-6-4-3-5-20(23)21-15-18(7-9-24(21)30)28-26(31)17-35-25-10-8-19(16-22(25)27)36(32,33)29-11-13-34-14-12-29/h3-10,15-16H,2,11-14,17H2,1H3,(H,28,31). The van der Waals surface area contributed by atoms with Crippen LogP contribution in [0, 0.1) is 0 Å². The van der Waals surface area contributed by atoms with Gasteiger partial charge in [0.15, 0.2) is 6.61 Å². The van der Waals surface area contributed by atoms with E-state index in [0.29, 0.717) is 32.0 Å². The number of sulfonamides is 1. The van der Waals surface area contributed by atoms with Crippen LogP contribution >= 0.6 is 11.6 Å². The monoisotopic (exact) mass is 527 g/mol. The molecule has 188 valence electrons. The van der Waals surface area contributed by atoms with Gasteiger partial charge in [-0.25, -0.2) is 8.42 Å². The molecule has 10 heteroatoms. The van der Waals surface area contributed by atoms with Crippen LogP contribution in [0.2, 0.25) is 5.02 Å². The number of rotatable bonds is 7. The molecule has 1 N–H and O–H groups in total. The number of aryl methyl sites for hydroxylation is 1. The van der Waals surface area contributed by atoms with Crippen LogP contribution < -0.4 is 10.1 Å². The van der Waals surface area contributed by atoms with Gasteiger partial charge in [0.05, 0.1) is 23.1 Å². The Morgan fingerprint density at radius 1 is 1.03 bits per heavy atom. The Labute approximate surface area is 214 Å². The van der Waals surface area contributed by atoms with Gasteiger partial charge in [-0.05, 0) is 49.4 Å². The quantitative estimate of drug-likeness (QED) is 0.382. The number of hydrogen-bond acceptors (Lipinski definition) is 5. The highest BCUT2D eigenvalue weighted by atomic mass is 35.5. The van der Waals surface area contributed by atoms with E-state index in [4.69, 9.17) is 21.1 Å². The molecule has 0 unspecified atom stereocenters. The van der Waals surface area contributed by atoms with Crippen LogP contribution in [0.3, 0.4) is 0 Å². The number of nitrogens with one attached hydrogen (secondary N) is 1. The number of amides is 1. The van der Waals surface area contributed by atoms with Crippen molar-refractivity contribution in [1.29, 1.82) is 0 Å². The minimum atomic E-state index is -3.67. The number of anilines is 1. The van der Waals surface area contributed by atoms with Crippen LogP contribution in [0.1, 0.15) is 6.92 Å². The maximum absolute atomic E-state index is 12.8. The first-order valence-electron chi connectivity index (χ1n) is 11.7. The van der Waals surface area contributed by atoms with Crippen LogP contribution in [0.5, 0.6) is 5.75 Å². The van der Waals surface area contributed by atoms with Crippen LogP contribution in [0.15, 0.2) is 65.6 Å². The van der Waals surface area contributed by atoms with Crippen molar-refractivity contribution in [2.24, 2.45) is 0 Å². The number of morpholine rings is 1. The predicted octanol–water partition coefficient (Wildman–Crippen LogP) is 4.51. The average Bonchev–Trinajstić information content (AvgIpc) is 3.21. The van der Waals surface area contributed by atoms with Crippen molar-refractivity contribution >= 4 is 55.0 Å². The number of carbonyl (C=O) groups is 1. The summed E-state index contributed by atoms with van der Waals surface area (Å²) in [5.41, 5.74) is 2.91. The zero-order valence-electron chi connectivity index (χ0n) is 19.7. The highest BCUT2D eigenvalue weighted by Crippen LogP contribution is 2.31. The molecule has 0 saturated carbocycles. The number of hydrogen-bond donors (Lipinski definition) is 1. The summed E-state index contributed by atoms with van der Waals surface area (Å²) in [6.07, 6.45) is 0. The van der Waals surface area contributed by atoms with Crippen molar-refractivity contribution in [2.45, 2.75) is 18.4 Å². The second kappa shape index (κ2) is 10.1. The number of para-hydroxylation sites is 1. The minimum Gasteiger partial charge on any atom is -0.482 e. The van der Waals surface area contributed by atoms with E-state index in [0.717, 1.165) is 28.4 Å². The number of aromatic nitrogens is 1. The van der Waals surface area contributed by atoms with Gasteiger partial charge in [-0.1, -0.05) is 29.8 Å². The van der Waals surface area contributed by atoms with Crippen LogP contribution in [-0.4, -0.2) is 56.1 Å². The fourth-order valence-corrected chi connectivity index (χ4v) is 6.24. The Kier molecular flexibility index (Phi) is 6.90. The fraction of sp³-hybridized carbons (Fsp3) is 0.269. The molecule has 3 aromatic carbocycles. The molecule has 1 amide bonds. The largest absolute Gasteiger partial charge is 0.482 e. The van der Waals surface area contributed by atoms with E-state index < -0.39 is 10.0 Å². The van der Waals surface area contributed by atoms with Gasteiger partial charge < -0.3 is 19.4 Å². The SMILES string of the molecule is CCn1c2ccccc2c2cc(NC(=O)COc3ccc(S(=O)(=O)N4CCOCC4)cc3Cl)ccc21. The van der Waals surface area contributed by atoms with Crippen molar-refractivity contribution in [1.82, 2.24) is 8.87 Å². The van der Waals surface area contributed by atoms with Gasteiger partial charge in [-0.3, -0.25) is 4.79 Å². The molecule has 0 bridgehead atoms. The van der Waals surface area contributed by atoms with Crippen LogP contribution in [0.4, 0.5) is 5.69 Å². The van der Waals surface area contributed by atoms with Crippen molar-refractivity contribution in [2.75, 3.05) is 38.2 Å². The normalized spacial score (nSPS) is 14.8. The molecule has 0 aliphatic carbocycles. The van der Waals surface area contributed by atoms with Gasteiger partial charge >= 0.3 is 0 Å². The van der Waals surface area contributed by atoms with Crippen molar-refractivity contribution < 1.29 is 22.7 Å². The fourth-order valence-electron chi connectivity index (χ4n) is 4.51. The zero-order chi connectivity index (χ0) is 25.3. The number of ether oxygens (including phenoxy) is 2. The van der Waals surface area contributed by atoms with E-state index >= 15 is 0 Å². The third-order valence-corrected chi connectivity index (χ3v) is 8.43. The van der Waals surface area contributed by atoms with Crippen LogP contribution in [0.25, 0.3) is 21.8 Å². The maximum atomic E-state index is 12.8. The topological polar surface area (TPSA) is 89.9 Å². The first kappa shape index (κ1) is 24.6. The van der Waals surface area contributed by atoms with Gasteiger partial charge in [0, 0.05) is 47.1 Å². The van der Waals surface area contributed by atoms with E-state index in [-0.39, 0.29) is 28.2 Å². The first-order chi connectivity index (χ1) is 17.4. The Morgan fingerprint density at radius 2 is 1.78 bits per heavy atom. The second-order valence-electron chi connectivity index (χ2n) is 8.44. The molecule has 1 aliphatic rings. The third-order valence-electron chi connectivity index (χ3n) is 6.24. The highest BCUT2D eigenvalue weighted by Gasteiger charge is 2.27. The summed E-state index contributed by atoms with van der Waals surface area (Å²) in [7, 11) is -3.67. The number of carbonyl (C=O) groups excluding carboxylic acids is 1. The van der Waals surface area contributed by atoms with Crippen molar-refractivity contribution in [3.05, 3.63) is 65.7 Å². The predicted molar refractivity (Wildman–Crippen MR) is 140 cm³/mol. The third kappa shape index (κ3) is 4.67. The van der Waals surface area contributed by atoms with Crippen molar-refractivity contribution in [3.8, 4) is 5.75 Å². The molecular weight excluding hydrogens is 502 g/mol. The summed E-state index contributed by atoms with van der Waals surface area (Å²) < 4.78 is 40.1. The molecule has 2 heterocycles. The van der Waals surface area contributed by atoms with Crippen molar-refractivity contribution in [3.63, 3.8) is 0 Å². The Morgan fingerprint density at radius 3 is 2.53 bits per heavy atom. The minimum absolute atomic E-state index is 0.0748. The average molecular weight is 528 g/mol. The highest BCUT2D eigenvalue weighted by molar-refractivity contribution is 7.89. The van der Waals surface area contributed by atoms with E-state index in [1.54, 1.807) is 0 Å². The molecule has 1 saturated heterocycles. The maximum Gasteiger partial charge on any atom is 0.262 e. The molecule has 4 aromatic rings. The Bertz CT molecular complexity index is 1540. The van der Waals surface area contributed by atoms with Gasteiger partial charge in [0.2, 0.25) is 10.0 Å². The first-order valence-corrected chi connectivity index (χ1v) is 13.5. The molecule has 5 rings (SSSR count). The Balaban J connectivity index is 1.27. The lowest BCUT2D eigenvalue weighted by molar-refractivity contribution is -0.118. The molecule has 8 nitrogen and oxygen atoms in total.